The van der Waals surface area contributed by atoms with Crippen molar-refractivity contribution in [2.75, 3.05) is 0 Å². The molecule has 1 heterocycles. The molecule has 1 rings (SSSR count). The van der Waals surface area contributed by atoms with Gasteiger partial charge in [0.2, 0.25) is 5.91 Å². The van der Waals surface area contributed by atoms with E-state index in [1.165, 1.54) is 6.34 Å². The van der Waals surface area contributed by atoms with Crippen molar-refractivity contribution in [1.29, 1.82) is 0 Å². The third-order valence-corrected chi connectivity index (χ3v) is 3.39. The van der Waals surface area contributed by atoms with Crippen molar-refractivity contribution in [2.45, 2.75) is 40.5 Å². The van der Waals surface area contributed by atoms with Gasteiger partial charge in [0.05, 0.1) is 6.34 Å². The van der Waals surface area contributed by atoms with E-state index >= 15 is 0 Å². The molecule has 0 aromatic carbocycles. The molecule has 0 radical (unpaired) electrons. The Labute approximate surface area is 96.5 Å². The molecule has 0 aromatic heterocycles. The molecule has 0 fully saturated rings. The van der Waals surface area contributed by atoms with E-state index in [9.17, 15) is 9.59 Å². The van der Waals surface area contributed by atoms with Crippen molar-refractivity contribution in [3.05, 3.63) is 0 Å². The first-order valence-corrected chi connectivity index (χ1v) is 5.83. The Morgan fingerprint density at radius 2 is 2.00 bits per heavy atom. The predicted octanol–water partition coefficient (Wildman–Crippen LogP) is 1.75. The first-order chi connectivity index (χ1) is 7.45. The van der Waals surface area contributed by atoms with Gasteiger partial charge < -0.3 is 5.32 Å². The molecule has 2 atom stereocenters. The fraction of sp³-hybridized carbons (Fsp3) is 0.750. The fourth-order valence-electron chi connectivity index (χ4n) is 2.49. The molecule has 0 bridgehead atoms. The summed E-state index contributed by atoms with van der Waals surface area (Å²) >= 11 is 0. The number of rotatable bonds is 4. The van der Waals surface area contributed by atoms with Crippen molar-refractivity contribution >= 4 is 18.2 Å². The molecule has 2 unspecified atom stereocenters. The van der Waals surface area contributed by atoms with Crippen LogP contribution in [-0.2, 0) is 9.59 Å². The third kappa shape index (κ3) is 2.01. The van der Waals surface area contributed by atoms with Crippen LogP contribution in [-0.4, -0.2) is 18.2 Å². The van der Waals surface area contributed by atoms with E-state index in [0.717, 1.165) is 6.42 Å². The van der Waals surface area contributed by atoms with Crippen LogP contribution in [0.1, 0.15) is 40.5 Å². The molecule has 0 saturated carbocycles. The summed E-state index contributed by atoms with van der Waals surface area (Å²) in [6.45, 7) is 8.01. The highest BCUT2D eigenvalue weighted by Gasteiger charge is 2.49. The second-order valence-electron chi connectivity index (χ2n) is 4.89. The van der Waals surface area contributed by atoms with Gasteiger partial charge in [-0.3, -0.25) is 9.59 Å². The Morgan fingerprint density at radius 3 is 2.44 bits per heavy atom. The van der Waals surface area contributed by atoms with Crippen molar-refractivity contribution in [1.82, 2.24) is 5.32 Å². The molecule has 90 valence electrons. The lowest BCUT2D eigenvalue weighted by Gasteiger charge is -2.36. The number of hydrogen-bond donors (Lipinski definition) is 1. The smallest absolute Gasteiger partial charge is 0.263 e. The van der Waals surface area contributed by atoms with E-state index in [-0.39, 0.29) is 17.7 Å². The zero-order chi connectivity index (χ0) is 12.3. The topological polar surface area (TPSA) is 58.5 Å². The Hall–Kier alpha value is -1.19. The quantitative estimate of drug-likeness (QED) is 0.739. The SMILES string of the molecule is CCC1(C(C)CC(C)C)C(=O)N=CNC1=O. The van der Waals surface area contributed by atoms with Gasteiger partial charge in [0, 0.05) is 0 Å². The van der Waals surface area contributed by atoms with Gasteiger partial charge >= 0.3 is 0 Å². The number of nitrogens with one attached hydrogen (secondary N) is 1. The lowest BCUT2D eigenvalue weighted by atomic mass is 9.69. The summed E-state index contributed by atoms with van der Waals surface area (Å²) in [6.07, 6.45) is 2.55. The third-order valence-electron chi connectivity index (χ3n) is 3.39. The predicted molar refractivity (Wildman–Crippen MR) is 63.0 cm³/mol. The number of carbonyl (C=O) groups excluding carboxylic acids is 2. The van der Waals surface area contributed by atoms with Crippen LogP contribution in [0, 0.1) is 17.3 Å². The molecule has 4 nitrogen and oxygen atoms in total. The molecule has 16 heavy (non-hydrogen) atoms. The van der Waals surface area contributed by atoms with Gasteiger partial charge in [-0.05, 0) is 24.7 Å². The maximum Gasteiger partial charge on any atom is 0.263 e. The van der Waals surface area contributed by atoms with Gasteiger partial charge in [0.15, 0.2) is 0 Å². The van der Waals surface area contributed by atoms with Gasteiger partial charge in [0.25, 0.3) is 5.91 Å². The average Bonchev–Trinajstić information content (AvgIpc) is 2.17. The maximum absolute atomic E-state index is 12.0. The van der Waals surface area contributed by atoms with Gasteiger partial charge in [-0.15, -0.1) is 0 Å². The summed E-state index contributed by atoms with van der Waals surface area (Å²) in [5.41, 5.74) is -0.959. The minimum atomic E-state index is -0.959. The van der Waals surface area contributed by atoms with Crippen molar-refractivity contribution in [2.24, 2.45) is 22.2 Å². The normalized spacial score (nSPS) is 27.1. The zero-order valence-electron chi connectivity index (χ0n) is 10.4. The van der Waals surface area contributed by atoms with Crippen LogP contribution in [0.2, 0.25) is 0 Å². The first kappa shape index (κ1) is 12.9. The van der Waals surface area contributed by atoms with Crippen LogP contribution in [0.25, 0.3) is 0 Å². The lowest BCUT2D eigenvalue weighted by Crippen LogP contribution is -2.52. The lowest BCUT2D eigenvalue weighted by molar-refractivity contribution is -0.146. The highest BCUT2D eigenvalue weighted by atomic mass is 16.2. The Kier molecular flexibility index (Phi) is 3.83. The first-order valence-electron chi connectivity index (χ1n) is 5.83. The monoisotopic (exact) mass is 224 g/mol. The second-order valence-corrected chi connectivity index (χ2v) is 4.89. The Morgan fingerprint density at radius 1 is 1.38 bits per heavy atom. The van der Waals surface area contributed by atoms with E-state index in [1.807, 2.05) is 13.8 Å². The number of nitrogens with zero attached hydrogens (tertiary/aromatic N) is 1. The van der Waals surface area contributed by atoms with Crippen LogP contribution in [0.5, 0.6) is 0 Å². The van der Waals surface area contributed by atoms with Crippen LogP contribution >= 0.6 is 0 Å². The molecule has 0 spiro atoms. The van der Waals surface area contributed by atoms with Gasteiger partial charge in [0.1, 0.15) is 5.41 Å². The number of hydrogen-bond acceptors (Lipinski definition) is 2. The number of carbonyl (C=O) groups is 2. The van der Waals surface area contributed by atoms with Gasteiger partial charge in [-0.2, -0.15) is 0 Å². The molecule has 1 aliphatic rings. The molecule has 1 aliphatic heterocycles. The Bertz CT molecular complexity index is 323. The van der Waals surface area contributed by atoms with Gasteiger partial charge in [-0.25, -0.2) is 4.99 Å². The number of amides is 2. The van der Waals surface area contributed by atoms with Crippen LogP contribution in [0.4, 0.5) is 0 Å². The summed E-state index contributed by atoms with van der Waals surface area (Å²) in [7, 11) is 0. The summed E-state index contributed by atoms with van der Waals surface area (Å²) in [5.74, 6) is -0.0255. The molecular formula is C12H20N2O2. The van der Waals surface area contributed by atoms with Gasteiger partial charge in [-0.1, -0.05) is 27.7 Å². The van der Waals surface area contributed by atoms with Crippen LogP contribution in [0.3, 0.4) is 0 Å². The highest BCUT2D eigenvalue weighted by molar-refractivity contribution is 6.14. The molecule has 0 aromatic rings. The molecule has 0 saturated heterocycles. The standard InChI is InChI=1S/C12H20N2O2/c1-5-12(9(4)6-8(2)3)10(15)13-7-14-11(12)16/h7-9H,5-6H2,1-4H3,(H,13,14,15,16). The van der Waals surface area contributed by atoms with E-state index in [0.29, 0.717) is 12.3 Å². The molecule has 4 heteroatoms. The summed E-state index contributed by atoms with van der Waals surface area (Å²) in [6, 6.07) is 0. The molecule has 0 aliphatic carbocycles. The van der Waals surface area contributed by atoms with Crippen molar-refractivity contribution < 1.29 is 9.59 Å². The van der Waals surface area contributed by atoms with E-state index in [4.69, 9.17) is 0 Å². The molecular weight excluding hydrogens is 204 g/mol. The number of aliphatic imine (C=N–C) groups is 1. The average molecular weight is 224 g/mol. The van der Waals surface area contributed by atoms with E-state index < -0.39 is 5.41 Å². The largest absolute Gasteiger partial charge is 0.316 e. The minimum absolute atomic E-state index is 0.0162. The summed E-state index contributed by atoms with van der Waals surface area (Å²) < 4.78 is 0. The maximum atomic E-state index is 12.0. The van der Waals surface area contributed by atoms with Crippen molar-refractivity contribution in [3.63, 3.8) is 0 Å². The summed E-state index contributed by atoms with van der Waals surface area (Å²) in [4.78, 5) is 27.6. The second kappa shape index (κ2) is 4.76. The fourth-order valence-corrected chi connectivity index (χ4v) is 2.49. The molecule has 1 N–H and O–H groups in total. The highest BCUT2D eigenvalue weighted by Crippen LogP contribution is 2.38. The van der Waals surface area contributed by atoms with E-state index in [1.54, 1.807) is 0 Å². The van der Waals surface area contributed by atoms with Crippen molar-refractivity contribution in [3.8, 4) is 0 Å². The Balaban J connectivity index is 3.03. The zero-order valence-corrected chi connectivity index (χ0v) is 10.4. The van der Waals surface area contributed by atoms with Crippen LogP contribution < -0.4 is 5.32 Å². The molecule has 2 amide bonds. The van der Waals surface area contributed by atoms with E-state index in [2.05, 4.69) is 24.2 Å². The van der Waals surface area contributed by atoms with Crippen LogP contribution in [0.15, 0.2) is 4.99 Å². The minimum Gasteiger partial charge on any atom is -0.316 e. The summed E-state index contributed by atoms with van der Waals surface area (Å²) in [5, 5.41) is 2.56.